The van der Waals surface area contributed by atoms with Crippen LogP contribution in [0.15, 0.2) is 59.5 Å². The summed E-state index contributed by atoms with van der Waals surface area (Å²) in [5.41, 5.74) is 1.03. The predicted molar refractivity (Wildman–Crippen MR) is 109 cm³/mol. The van der Waals surface area contributed by atoms with E-state index < -0.39 is 10.0 Å². The fourth-order valence-electron chi connectivity index (χ4n) is 2.68. The minimum atomic E-state index is -3.67. The molecule has 0 spiro atoms. The second-order valence-electron chi connectivity index (χ2n) is 7.18. The van der Waals surface area contributed by atoms with Crippen LogP contribution >= 0.6 is 0 Å². The molecule has 0 saturated heterocycles. The fourth-order valence-corrected chi connectivity index (χ4v) is 3.87. The van der Waals surface area contributed by atoms with Crippen molar-refractivity contribution < 1.29 is 13.2 Å². The van der Waals surface area contributed by atoms with Gasteiger partial charge in [-0.15, -0.1) is 0 Å². The van der Waals surface area contributed by atoms with Crippen LogP contribution in [0.4, 0.5) is 5.69 Å². The van der Waals surface area contributed by atoms with Gasteiger partial charge in [0.2, 0.25) is 0 Å². The molecule has 0 bridgehead atoms. The number of hydrogen-bond acceptors (Lipinski definition) is 3. The minimum Gasteiger partial charge on any atom is -0.350 e. The van der Waals surface area contributed by atoms with E-state index in [9.17, 15) is 13.2 Å². The van der Waals surface area contributed by atoms with Crippen molar-refractivity contribution in [2.24, 2.45) is 5.92 Å². The van der Waals surface area contributed by atoms with Crippen molar-refractivity contribution in [2.45, 2.75) is 44.6 Å². The molecule has 0 aliphatic carbocycles. The van der Waals surface area contributed by atoms with Crippen LogP contribution in [0.3, 0.4) is 0 Å². The standard InChI is InChI=1S/C21H28N2O3S/c1-16(2)10-11-17(3)22-21(24)18-12-14-20(15-13-18)27(25,26)23(4)19-8-6-5-7-9-19/h5-9,12-17H,10-11H2,1-4H3,(H,22,24). The molecule has 0 saturated carbocycles. The summed E-state index contributed by atoms with van der Waals surface area (Å²) in [6.07, 6.45) is 1.96. The maximum absolute atomic E-state index is 12.8. The number of nitrogens with zero attached hydrogens (tertiary/aromatic N) is 1. The molecule has 0 heterocycles. The quantitative estimate of drug-likeness (QED) is 0.741. The highest BCUT2D eigenvalue weighted by molar-refractivity contribution is 7.92. The molecule has 1 N–H and O–H groups in total. The molecule has 1 unspecified atom stereocenters. The number of anilines is 1. The topological polar surface area (TPSA) is 66.5 Å². The van der Waals surface area contributed by atoms with Gasteiger partial charge in [-0.25, -0.2) is 8.42 Å². The summed E-state index contributed by atoms with van der Waals surface area (Å²) >= 11 is 0. The molecule has 27 heavy (non-hydrogen) atoms. The van der Waals surface area contributed by atoms with E-state index in [1.165, 1.54) is 23.5 Å². The number of hydrogen-bond donors (Lipinski definition) is 1. The zero-order chi connectivity index (χ0) is 20.0. The molecule has 2 aromatic carbocycles. The third-order valence-corrected chi connectivity index (χ3v) is 6.25. The first-order valence-electron chi connectivity index (χ1n) is 9.16. The van der Waals surface area contributed by atoms with Gasteiger partial charge in [-0.1, -0.05) is 32.0 Å². The third kappa shape index (κ3) is 5.57. The lowest BCUT2D eigenvalue weighted by Crippen LogP contribution is -2.32. The Morgan fingerprint density at radius 3 is 2.11 bits per heavy atom. The zero-order valence-electron chi connectivity index (χ0n) is 16.3. The number of carbonyl (C=O) groups is 1. The molecule has 0 fully saturated rings. The Hall–Kier alpha value is -2.34. The van der Waals surface area contributed by atoms with Crippen molar-refractivity contribution in [3.8, 4) is 0 Å². The van der Waals surface area contributed by atoms with Gasteiger partial charge in [-0.3, -0.25) is 9.10 Å². The Balaban J connectivity index is 2.09. The van der Waals surface area contributed by atoms with Crippen LogP contribution in [0.5, 0.6) is 0 Å². The summed E-state index contributed by atoms with van der Waals surface area (Å²) in [5.74, 6) is 0.405. The Kier molecular flexibility index (Phi) is 7.02. The summed E-state index contributed by atoms with van der Waals surface area (Å²) in [6.45, 7) is 6.29. The monoisotopic (exact) mass is 388 g/mol. The van der Waals surface area contributed by atoms with Crippen molar-refractivity contribution >= 4 is 21.6 Å². The zero-order valence-corrected chi connectivity index (χ0v) is 17.2. The minimum absolute atomic E-state index is 0.0764. The molecule has 6 heteroatoms. The highest BCUT2D eigenvalue weighted by atomic mass is 32.2. The van der Waals surface area contributed by atoms with E-state index in [-0.39, 0.29) is 16.8 Å². The summed E-state index contributed by atoms with van der Waals surface area (Å²) in [6, 6.07) is 15.0. The molecule has 146 valence electrons. The lowest BCUT2D eigenvalue weighted by atomic mass is 10.0. The second-order valence-corrected chi connectivity index (χ2v) is 9.15. The van der Waals surface area contributed by atoms with Crippen molar-refractivity contribution in [2.75, 3.05) is 11.4 Å². The molecule has 0 radical (unpaired) electrons. The Morgan fingerprint density at radius 2 is 1.56 bits per heavy atom. The summed E-state index contributed by atoms with van der Waals surface area (Å²) in [4.78, 5) is 12.5. The van der Waals surface area contributed by atoms with Crippen LogP contribution in [0.2, 0.25) is 0 Å². The molecule has 0 aromatic heterocycles. The molecular weight excluding hydrogens is 360 g/mol. The SMILES string of the molecule is CC(C)CCC(C)NC(=O)c1ccc(S(=O)(=O)N(C)c2ccccc2)cc1. The summed E-state index contributed by atoms with van der Waals surface area (Å²) < 4.78 is 26.8. The number of sulfonamides is 1. The van der Waals surface area contributed by atoms with Gasteiger partial charge in [0, 0.05) is 18.7 Å². The lowest BCUT2D eigenvalue weighted by molar-refractivity contribution is 0.0937. The van der Waals surface area contributed by atoms with Gasteiger partial charge >= 0.3 is 0 Å². The molecular formula is C21H28N2O3S. The van der Waals surface area contributed by atoms with Crippen molar-refractivity contribution in [3.63, 3.8) is 0 Å². The van der Waals surface area contributed by atoms with E-state index in [1.807, 2.05) is 13.0 Å². The number of amides is 1. The van der Waals surface area contributed by atoms with Gasteiger partial charge in [0.05, 0.1) is 10.6 Å². The molecule has 2 rings (SSSR count). The molecule has 1 amide bonds. The van der Waals surface area contributed by atoms with Gasteiger partial charge in [-0.05, 0) is 62.1 Å². The van der Waals surface area contributed by atoms with Crippen LogP contribution in [-0.2, 0) is 10.0 Å². The number of benzene rings is 2. The maximum Gasteiger partial charge on any atom is 0.264 e. The van der Waals surface area contributed by atoms with Crippen molar-refractivity contribution in [1.29, 1.82) is 0 Å². The predicted octanol–water partition coefficient (Wildman–Crippen LogP) is 4.07. The van der Waals surface area contributed by atoms with Gasteiger partial charge in [0.1, 0.15) is 0 Å². The Labute approximate surface area is 162 Å². The number of nitrogens with one attached hydrogen (secondary N) is 1. The van der Waals surface area contributed by atoms with Gasteiger partial charge < -0.3 is 5.32 Å². The summed E-state index contributed by atoms with van der Waals surface area (Å²) in [7, 11) is -2.16. The van der Waals surface area contributed by atoms with E-state index in [0.717, 1.165) is 12.8 Å². The van der Waals surface area contributed by atoms with Crippen LogP contribution < -0.4 is 9.62 Å². The summed E-state index contributed by atoms with van der Waals surface area (Å²) in [5, 5.41) is 2.96. The Morgan fingerprint density at radius 1 is 0.963 bits per heavy atom. The van der Waals surface area contributed by atoms with E-state index in [0.29, 0.717) is 17.2 Å². The number of rotatable bonds is 8. The Bertz CT molecular complexity index is 847. The average Bonchev–Trinajstić information content (AvgIpc) is 2.66. The lowest BCUT2D eigenvalue weighted by Gasteiger charge is -2.19. The fraction of sp³-hybridized carbons (Fsp3) is 0.381. The first-order chi connectivity index (χ1) is 12.7. The molecule has 1 atom stereocenters. The molecule has 0 aliphatic rings. The first-order valence-corrected chi connectivity index (χ1v) is 10.6. The largest absolute Gasteiger partial charge is 0.350 e. The van der Waals surface area contributed by atoms with Gasteiger partial charge in [0.25, 0.3) is 15.9 Å². The first kappa shape index (κ1) is 21.0. The average molecular weight is 389 g/mol. The second kappa shape index (κ2) is 9.04. The van der Waals surface area contributed by atoms with E-state index in [1.54, 1.807) is 36.4 Å². The van der Waals surface area contributed by atoms with Crippen molar-refractivity contribution in [3.05, 3.63) is 60.2 Å². The van der Waals surface area contributed by atoms with Crippen LogP contribution in [0.25, 0.3) is 0 Å². The third-order valence-electron chi connectivity index (χ3n) is 4.45. The van der Waals surface area contributed by atoms with Gasteiger partial charge in [-0.2, -0.15) is 0 Å². The van der Waals surface area contributed by atoms with Crippen LogP contribution in [0.1, 0.15) is 44.0 Å². The van der Waals surface area contributed by atoms with E-state index in [4.69, 9.17) is 0 Å². The van der Waals surface area contributed by atoms with Crippen LogP contribution in [0, 0.1) is 5.92 Å². The maximum atomic E-state index is 12.8. The molecule has 0 aliphatic heterocycles. The van der Waals surface area contributed by atoms with Gasteiger partial charge in [0.15, 0.2) is 0 Å². The molecule has 2 aromatic rings. The number of para-hydroxylation sites is 1. The normalized spacial score (nSPS) is 12.6. The van der Waals surface area contributed by atoms with Crippen molar-refractivity contribution in [1.82, 2.24) is 5.32 Å². The smallest absolute Gasteiger partial charge is 0.264 e. The van der Waals surface area contributed by atoms with E-state index in [2.05, 4.69) is 19.2 Å². The van der Waals surface area contributed by atoms with E-state index >= 15 is 0 Å². The highest BCUT2D eigenvalue weighted by Crippen LogP contribution is 2.22. The van der Waals surface area contributed by atoms with Crippen LogP contribution in [-0.4, -0.2) is 27.4 Å². The number of carbonyl (C=O) groups excluding carboxylic acids is 1. The highest BCUT2D eigenvalue weighted by Gasteiger charge is 2.21. The molecule has 5 nitrogen and oxygen atoms in total.